The predicted octanol–water partition coefficient (Wildman–Crippen LogP) is 6.30. The van der Waals surface area contributed by atoms with E-state index in [9.17, 15) is 0 Å². The smallest absolute Gasteiger partial charge is 0.231 e. The first-order valence-electron chi connectivity index (χ1n) is 11.6. The maximum absolute atomic E-state index is 6.48. The second-order valence-corrected chi connectivity index (χ2v) is 7.08. The van der Waals surface area contributed by atoms with E-state index in [0.29, 0.717) is 0 Å². The van der Waals surface area contributed by atoms with Crippen LogP contribution in [0.25, 0.3) is 0 Å². The summed E-state index contributed by atoms with van der Waals surface area (Å²) < 4.78 is 23.0. The van der Waals surface area contributed by atoms with Gasteiger partial charge in [-0.3, -0.25) is 4.90 Å². The van der Waals surface area contributed by atoms with Gasteiger partial charge in [-0.1, -0.05) is 60.6 Å². The van der Waals surface area contributed by atoms with Crippen molar-refractivity contribution in [3.05, 3.63) is 47.5 Å². The second kappa shape index (κ2) is 11.8. The topological polar surface area (TPSA) is 40.2 Å². The number of benzene rings is 2. The average Bonchev–Trinajstić information content (AvgIpc) is 3.29. The van der Waals surface area contributed by atoms with Gasteiger partial charge in [0.05, 0.1) is 7.11 Å². The Morgan fingerprint density at radius 2 is 1.48 bits per heavy atom. The highest BCUT2D eigenvalue weighted by molar-refractivity contribution is 5.56. The maximum atomic E-state index is 6.48. The van der Waals surface area contributed by atoms with Crippen molar-refractivity contribution in [3.8, 4) is 23.0 Å². The molecule has 172 valence electrons. The number of fused-ring (bicyclic) bond motifs is 2. The molecule has 0 N–H and O–H groups in total. The number of ether oxygens (including phenoxy) is 4. The van der Waals surface area contributed by atoms with Gasteiger partial charge >= 0.3 is 0 Å². The summed E-state index contributed by atoms with van der Waals surface area (Å²) in [6.07, 6.45) is 0.0139. The number of nitrogens with zero attached hydrogens (tertiary/aromatic N) is 1. The van der Waals surface area contributed by atoms with E-state index in [1.807, 2.05) is 45.9 Å². The highest BCUT2D eigenvalue weighted by Gasteiger charge is 2.40. The molecule has 31 heavy (non-hydrogen) atoms. The Balaban J connectivity index is 0.000000807. The molecule has 0 radical (unpaired) electrons. The molecule has 2 aliphatic heterocycles. The molecule has 3 unspecified atom stereocenters. The van der Waals surface area contributed by atoms with Gasteiger partial charge in [0.25, 0.3) is 0 Å². The van der Waals surface area contributed by atoms with Gasteiger partial charge in [-0.2, -0.15) is 0 Å². The fourth-order valence-electron chi connectivity index (χ4n) is 4.25. The average molecular weight is 430 g/mol. The van der Waals surface area contributed by atoms with Crippen molar-refractivity contribution >= 4 is 0 Å². The molecule has 0 amide bonds. The Kier molecular flexibility index (Phi) is 9.50. The molecule has 0 bridgehead atoms. The first kappa shape index (κ1) is 24.9. The minimum Gasteiger partial charge on any atom is -0.497 e. The lowest BCUT2D eigenvalue weighted by atomic mass is 9.78. The van der Waals surface area contributed by atoms with Gasteiger partial charge in [-0.15, -0.1) is 0 Å². The highest BCUT2D eigenvalue weighted by Crippen LogP contribution is 2.49. The van der Waals surface area contributed by atoms with Crippen molar-refractivity contribution in [1.29, 1.82) is 0 Å². The van der Waals surface area contributed by atoms with E-state index < -0.39 is 0 Å². The Morgan fingerprint density at radius 3 is 2.03 bits per heavy atom. The molecule has 4 rings (SSSR count). The molecule has 0 fully saturated rings. The number of hydrogen-bond donors (Lipinski definition) is 0. The van der Waals surface area contributed by atoms with Gasteiger partial charge in [-0.05, 0) is 36.9 Å². The minimum atomic E-state index is 0.0139. The summed E-state index contributed by atoms with van der Waals surface area (Å²) in [6.45, 7) is 16.8. The van der Waals surface area contributed by atoms with Crippen molar-refractivity contribution < 1.29 is 18.9 Å². The van der Waals surface area contributed by atoms with Gasteiger partial charge < -0.3 is 18.9 Å². The third kappa shape index (κ3) is 5.09. The van der Waals surface area contributed by atoms with Crippen LogP contribution in [0.4, 0.5) is 0 Å². The van der Waals surface area contributed by atoms with Crippen LogP contribution in [-0.4, -0.2) is 38.1 Å². The molecule has 2 aromatic carbocycles. The third-order valence-electron chi connectivity index (χ3n) is 5.71. The predicted molar refractivity (Wildman–Crippen MR) is 127 cm³/mol. The van der Waals surface area contributed by atoms with Gasteiger partial charge in [0, 0.05) is 23.5 Å². The zero-order valence-electron chi connectivity index (χ0n) is 20.4. The first-order valence-corrected chi connectivity index (χ1v) is 11.6. The van der Waals surface area contributed by atoms with E-state index in [4.69, 9.17) is 18.9 Å². The summed E-state index contributed by atoms with van der Waals surface area (Å²) in [5.41, 5.74) is 2.41. The van der Waals surface area contributed by atoms with Crippen molar-refractivity contribution in [1.82, 2.24) is 4.90 Å². The molecule has 0 saturated heterocycles. The Labute approximate surface area is 188 Å². The summed E-state index contributed by atoms with van der Waals surface area (Å²) in [5.74, 6) is 3.80. The zero-order chi connectivity index (χ0) is 23.0. The van der Waals surface area contributed by atoms with Crippen LogP contribution in [-0.2, 0) is 0 Å². The largest absolute Gasteiger partial charge is 0.497 e. The summed E-state index contributed by atoms with van der Waals surface area (Å²) in [7, 11) is 1.69. The fraction of sp³-hybridized carbons (Fsp3) is 0.538. The third-order valence-corrected chi connectivity index (χ3v) is 5.71. The van der Waals surface area contributed by atoms with E-state index in [-0.39, 0.29) is 24.9 Å². The molecule has 5 nitrogen and oxygen atoms in total. The second-order valence-electron chi connectivity index (χ2n) is 7.08. The Morgan fingerprint density at radius 1 is 0.903 bits per heavy atom. The van der Waals surface area contributed by atoms with Crippen LogP contribution >= 0.6 is 0 Å². The van der Waals surface area contributed by atoms with E-state index in [1.54, 1.807) is 7.11 Å². The fourth-order valence-corrected chi connectivity index (χ4v) is 4.25. The van der Waals surface area contributed by atoms with E-state index in [0.717, 1.165) is 41.7 Å². The van der Waals surface area contributed by atoms with Gasteiger partial charge in [-0.25, -0.2) is 0 Å². The van der Waals surface area contributed by atoms with Crippen LogP contribution in [0, 0.1) is 5.92 Å². The standard InChI is InChI=1S/C22H27NO4.2C2H6/c1-5-23(6-2)22-14(3)21(15-7-9-16(24-4)10-8-15)17-11-19-20(26-13-25-19)12-18(17)27-22;2*1-2/h7-12,14,21-22H,5-6,13H2,1-4H3;2*1-2H3. The van der Waals surface area contributed by atoms with Crippen molar-refractivity contribution in [2.24, 2.45) is 5.92 Å². The van der Waals surface area contributed by atoms with E-state index in [2.05, 4.69) is 43.9 Å². The lowest BCUT2D eigenvalue weighted by Gasteiger charge is -2.43. The monoisotopic (exact) mass is 429 g/mol. The molecule has 2 aromatic rings. The molecule has 0 spiro atoms. The molecule has 0 aliphatic carbocycles. The number of hydrogen-bond acceptors (Lipinski definition) is 5. The van der Waals surface area contributed by atoms with Crippen LogP contribution in [0.3, 0.4) is 0 Å². The summed E-state index contributed by atoms with van der Waals surface area (Å²) >= 11 is 0. The molecule has 2 aliphatic rings. The molecule has 0 saturated carbocycles. The number of rotatable bonds is 5. The van der Waals surface area contributed by atoms with Gasteiger partial charge in [0.15, 0.2) is 17.7 Å². The Bertz CT molecular complexity index is 802. The first-order chi connectivity index (χ1) is 15.2. The minimum absolute atomic E-state index is 0.0139. The molecule has 2 heterocycles. The van der Waals surface area contributed by atoms with Crippen LogP contribution in [0.1, 0.15) is 65.5 Å². The SMILES string of the molecule is CC.CC.CCN(CC)C1Oc2cc3c(cc2C(c2ccc(OC)cc2)C1C)OCO3. The molecule has 3 atom stereocenters. The van der Waals surface area contributed by atoms with Crippen molar-refractivity contribution in [3.63, 3.8) is 0 Å². The summed E-state index contributed by atoms with van der Waals surface area (Å²) in [5, 5.41) is 0. The van der Waals surface area contributed by atoms with Crippen molar-refractivity contribution in [2.75, 3.05) is 27.0 Å². The summed E-state index contributed by atoms with van der Waals surface area (Å²) in [6, 6.07) is 12.4. The van der Waals surface area contributed by atoms with Crippen LogP contribution in [0.15, 0.2) is 36.4 Å². The van der Waals surface area contributed by atoms with Crippen LogP contribution < -0.4 is 18.9 Å². The summed E-state index contributed by atoms with van der Waals surface area (Å²) in [4.78, 5) is 2.37. The van der Waals surface area contributed by atoms with Gasteiger partial charge in [0.1, 0.15) is 11.5 Å². The van der Waals surface area contributed by atoms with E-state index in [1.165, 1.54) is 5.56 Å². The van der Waals surface area contributed by atoms with Gasteiger partial charge in [0.2, 0.25) is 6.79 Å². The number of methoxy groups -OCH3 is 1. The lowest BCUT2D eigenvalue weighted by Crippen LogP contribution is -2.48. The van der Waals surface area contributed by atoms with Crippen LogP contribution in [0.5, 0.6) is 23.0 Å². The van der Waals surface area contributed by atoms with Crippen LogP contribution in [0.2, 0.25) is 0 Å². The molecule has 0 aromatic heterocycles. The quantitative estimate of drug-likeness (QED) is 0.557. The Hall–Kier alpha value is -2.40. The lowest BCUT2D eigenvalue weighted by molar-refractivity contribution is -0.0257. The highest BCUT2D eigenvalue weighted by atomic mass is 16.7. The van der Waals surface area contributed by atoms with Crippen molar-refractivity contribution in [2.45, 2.75) is 60.6 Å². The van der Waals surface area contributed by atoms with E-state index >= 15 is 0 Å². The molecular weight excluding hydrogens is 390 g/mol. The molecule has 5 heteroatoms. The zero-order valence-corrected chi connectivity index (χ0v) is 20.4. The maximum Gasteiger partial charge on any atom is 0.231 e. The molecular formula is C26H39NO4. The normalized spacial score (nSPS) is 20.5.